The first-order chi connectivity index (χ1) is 43.8. The highest BCUT2D eigenvalue weighted by Crippen LogP contribution is 2.41. The van der Waals surface area contributed by atoms with Crippen molar-refractivity contribution >= 4 is 86.6 Å². The summed E-state index contributed by atoms with van der Waals surface area (Å²) in [7, 11) is 6.00. The van der Waals surface area contributed by atoms with Crippen molar-refractivity contribution < 1.29 is 76.3 Å². The Hall–Kier alpha value is -7.33. The molecular formula is C65H91N9O16S2. The Kier molecular flexibility index (Phi) is 26.2. The monoisotopic (exact) mass is 1320 g/mol. The summed E-state index contributed by atoms with van der Waals surface area (Å²) in [5.41, 5.74) is 8.64. The number of aliphatic imine (C=N–C) groups is 1. The summed E-state index contributed by atoms with van der Waals surface area (Å²) in [6.45, 7) is 23.3. The van der Waals surface area contributed by atoms with Gasteiger partial charge in [0.05, 0.1) is 98.6 Å². The van der Waals surface area contributed by atoms with Gasteiger partial charge in [-0.1, -0.05) is 45.9 Å². The number of nitrogen functional groups attached to an aromatic ring is 1. The first kappa shape index (κ1) is 72.1. The molecule has 3 fully saturated rings. The van der Waals surface area contributed by atoms with Gasteiger partial charge in [0.2, 0.25) is 17.7 Å². The van der Waals surface area contributed by atoms with Gasteiger partial charge in [-0.3, -0.25) is 48.4 Å². The number of fused-ring (bicyclic) bond motifs is 2. The van der Waals surface area contributed by atoms with E-state index in [0.717, 1.165) is 22.5 Å². The van der Waals surface area contributed by atoms with Crippen LogP contribution in [-0.2, 0) is 42.9 Å². The highest BCUT2D eigenvalue weighted by molar-refractivity contribution is 8.77. The van der Waals surface area contributed by atoms with Crippen molar-refractivity contribution in [3.05, 3.63) is 71.8 Å². The molecule has 3 saturated heterocycles. The second kappa shape index (κ2) is 33.5. The van der Waals surface area contributed by atoms with Gasteiger partial charge in [0.25, 0.3) is 23.6 Å². The fraction of sp³-hybridized carbons (Fsp3) is 0.585. The van der Waals surface area contributed by atoms with Crippen LogP contribution in [0.15, 0.2) is 65.7 Å². The molecule has 0 bridgehead atoms. The number of benzene rings is 2. The van der Waals surface area contributed by atoms with Gasteiger partial charge in [-0.25, -0.2) is 4.79 Å². The molecule has 27 heteroatoms. The standard InChI is InChI=1S/C65H91N9O16S2/c1-42-32-44-38-70-48-37-53(51(84-10)35-46(48)60(81)73(44)39-42)86-27-13-11-12-26-85-52-36-47(66)45(34-50(52)83-9)59(80)74-40-43(2)33-49(74)61-72(25-30-87-61)62(82)88-41-65(7,8)92-91-31-18-56(77)69-23-22-68-55(76)17-28-89-64(5,6)20-29-90-63(3,4)19-21-67-54(75)16-24-71-57(78)14-15-58(71)79/h14-15,34-38,44,49,61H,1-2,11-13,16-33,39-41,66H2,3-10H3,(H,67,75)(H,68,76)(H,69,77)/t44-,49-,61?/m0/s1. The number of methoxy groups -OCH3 is 2. The average Bonchev–Trinajstić information content (AvgIpc) is 1.59. The second-order valence-corrected chi connectivity index (χ2v) is 28.0. The van der Waals surface area contributed by atoms with E-state index in [-0.39, 0.29) is 119 Å². The Balaban J connectivity index is 0.739. The Morgan fingerprint density at radius 3 is 2.03 bits per heavy atom. The maximum absolute atomic E-state index is 14.4. The van der Waals surface area contributed by atoms with Crippen LogP contribution in [0.1, 0.15) is 126 Å². The van der Waals surface area contributed by atoms with E-state index in [9.17, 15) is 38.4 Å². The molecule has 5 heterocycles. The van der Waals surface area contributed by atoms with Gasteiger partial charge in [-0.05, 0) is 98.6 Å². The van der Waals surface area contributed by atoms with Gasteiger partial charge in [-0.2, -0.15) is 0 Å². The Bertz CT molecular complexity index is 3080. The van der Waals surface area contributed by atoms with Gasteiger partial charge in [-0.15, -0.1) is 0 Å². The van der Waals surface area contributed by atoms with Crippen molar-refractivity contribution in [3.8, 4) is 23.0 Å². The number of hydrogen-bond donors (Lipinski definition) is 4. The highest BCUT2D eigenvalue weighted by atomic mass is 33.1. The number of hydrogen-bond acceptors (Lipinski definition) is 20. The lowest BCUT2D eigenvalue weighted by Crippen LogP contribution is -2.51. The van der Waals surface area contributed by atoms with Gasteiger partial charge < -0.3 is 69.4 Å². The number of imide groups is 1. The van der Waals surface area contributed by atoms with E-state index in [0.29, 0.717) is 111 Å². The van der Waals surface area contributed by atoms with Gasteiger partial charge in [0.15, 0.2) is 29.2 Å². The molecule has 92 heavy (non-hydrogen) atoms. The lowest BCUT2D eigenvalue weighted by molar-refractivity contribution is -0.137. The average molecular weight is 1320 g/mol. The summed E-state index contributed by atoms with van der Waals surface area (Å²) in [6, 6.07) is 5.90. The highest BCUT2D eigenvalue weighted by Gasteiger charge is 2.45. The SMILES string of the molecule is C=C1C[C@H]2C=Nc3cc(OCCCCCOc4cc(N)c(C(=O)N5CC(=C)C[C@H]5C5OCCN5C(=O)OCC(C)(C)SSCCC(=O)NCCNC(=O)CCOC(C)(C)CCOC(C)(C)CCNC(=O)CCN5C(=O)C=CC5=O)cc4OC)c(OC)cc3C(=O)N2C1. The Morgan fingerprint density at radius 2 is 1.34 bits per heavy atom. The Labute approximate surface area is 547 Å². The molecule has 0 spiro atoms. The number of ether oxygens (including phenoxy) is 8. The van der Waals surface area contributed by atoms with Crippen LogP contribution in [0.2, 0.25) is 0 Å². The third kappa shape index (κ3) is 20.8. The molecule has 5 N–H and O–H groups in total. The minimum atomic E-state index is -0.796. The zero-order valence-corrected chi connectivity index (χ0v) is 56.0. The summed E-state index contributed by atoms with van der Waals surface area (Å²) < 4.78 is 47.0. The molecule has 0 aliphatic carbocycles. The van der Waals surface area contributed by atoms with Crippen LogP contribution in [0.25, 0.3) is 0 Å². The molecule has 2 aromatic rings. The number of anilines is 1. The fourth-order valence-electron chi connectivity index (χ4n) is 10.7. The van der Waals surface area contributed by atoms with Crippen LogP contribution in [-0.4, -0.2) is 213 Å². The largest absolute Gasteiger partial charge is 0.493 e. The van der Waals surface area contributed by atoms with Crippen LogP contribution in [0.4, 0.5) is 16.2 Å². The van der Waals surface area contributed by atoms with Crippen LogP contribution in [0, 0.1) is 0 Å². The number of carbonyl (C=O) groups excluding carboxylic acids is 8. The molecule has 8 amide bonds. The predicted octanol–water partition coefficient (Wildman–Crippen LogP) is 6.94. The smallest absolute Gasteiger partial charge is 0.412 e. The minimum absolute atomic E-state index is 0.0198. The summed E-state index contributed by atoms with van der Waals surface area (Å²) in [5, 5.41) is 8.44. The molecule has 5 aliphatic rings. The van der Waals surface area contributed by atoms with E-state index < -0.39 is 46.1 Å². The molecular weight excluding hydrogens is 1230 g/mol. The summed E-state index contributed by atoms with van der Waals surface area (Å²) >= 11 is 0. The van der Waals surface area contributed by atoms with E-state index in [1.165, 1.54) is 52.9 Å². The molecule has 0 aromatic heterocycles. The van der Waals surface area contributed by atoms with Crippen LogP contribution < -0.4 is 40.6 Å². The van der Waals surface area contributed by atoms with Gasteiger partial charge >= 0.3 is 6.09 Å². The summed E-state index contributed by atoms with van der Waals surface area (Å²) in [5.74, 6) is 0.207. The van der Waals surface area contributed by atoms with E-state index in [1.54, 1.807) is 40.3 Å². The van der Waals surface area contributed by atoms with Crippen molar-refractivity contribution in [2.24, 2.45) is 4.99 Å². The normalized spacial score (nSPS) is 18.1. The van der Waals surface area contributed by atoms with Crippen molar-refractivity contribution in [1.29, 1.82) is 0 Å². The summed E-state index contributed by atoms with van der Waals surface area (Å²) in [4.78, 5) is 113. The number of nitrogens with zero attached hydrogens (tertiary/aromatic N) is 5. The van der Waals surface area contributed by atoms with Crippen molar-refractivity contribution in [1.82, 2.24) is 35.6 Å². The molecule has 504 valence electrons. The molecule has 1 unspecified atom stereocenters. The second-order valence-electron chi connectivity index (χ2n) is 24.9. The lowest BCUT2D eigenvalue weighted by Gasteiger charge is -2.33. The van der Waals surface area contributed by atoms with E-state index in [4.69, 9.17) is 43.6 Å². The molecule has 0 saturated carbocycles. The number of nitrogens with one attached hydrogen (secondary N) is 3. The van der Waals surface area contributed by atoms with Gasteiger partial charge in [0.1, 0.15) is 6.61 Å². The number of amides is 8. The molecule has 7 rings (SSSR count). The van der Waals surface area contributed by atoms with Gasteiger partial charge in [0, 0.05) is 100 Å². The number of nitrogens with two attached hydrogens (primary N) is 1. The van der Waals surface area contributed by atoms with Crippen LogP contribution >= 0.6 is 21.6 Å². The zero-order chi connectivity index (χ0) is 66.8. The van der Waals surface area contributed by atoms with Crippen molar-refractivity contribution in [3.63, 3.8) is 0 Å². The van der Waals surface area contributed by atoms with E-state index in [1.807, 2.05) is 41.5 Å². The molecule has 25 nitrogen and oxygen atoms in total. The van der Waals surface area contributed by atoms with E-state index in [2.05, 4.69) is 34.1 Å². The fourth-order valence-corrected chi connectivity index (χ4v) is 13.1. The first-order valence-electron chi connectivity index (χ1n) is 31.2. The summed E-state index contributed by atoms with van der Waals surface area (Å²) in [6.07, 6.45) is 7.56. The predicted molar refractivity (Wildman–Crippen MR) is 351 cm³/mol. The zero-order valence-electron chi connectivity index (χ0n) is 54.3. The maximum atomic E-state index is 14.4. The molecule has 0 radical (unpaired) electrons. The number of unbranched alkanes of at least 4 members (excludes halogenated alkanes) is 2. The first-order valence-corrected chi connectivity index (χ1v) is 33.5. The van der Waals surface area contributed by atoms with Crippen LogP contribution in [0.5, 0.6) is 23.0 Å². The Morgan fingerprint density at radius 1 is 0.717 bits per heavy atom. The quantitative estimate of drug-likeness (QED) is 0.0176. The molecule has 2 aromatic carbocycles. The molecule has 5 aliphatic heterocycles. The van der Waals surface area contributed by atoms with E-state index >= 15 is 0 Å². The topological polar surface area (TPSA) is 298 Å². The van der Waals surface area contributed by atoms with Crippen LogP contribution in [0.3, 0.4) is 0 Å². The third-order valence-corrected chi connectivity index (χ3v) is 19.2. The third-order valence-electron chi connectivity index (χ3n) is 15.9. The number of rotatable bonds is 36. The number of likely N-dealkylation sites (tertiary alicyclic amines) is 1. The molecule has 3 atom stereocenters. The van der Waals surface area contributed by atoms with Crippen molar-refractivity contribution in [2.75, 3.05) is 111 Å². The minimum Gasteiger partial charge on any atom is -0.493 e. The number of carbonyl (C=O) groups is 8. The van der Waals surface area contributed by atoms with Crippen molar-refractivity contribution in [2.45, 2.75) is 140 Å². The lowest BCUT2D eigenvalue weighted by atomic mass is 10.0. The maximum Gasteiger partial charge on any atom is 0.412 e.